The van der Waals surface area contributed by atoms with E-state index in [2.05, 4.69) is 21.1 Å². The van der Waals surface area contributed by atoms with E-state index in [4.69, 9.17) is 0 Å². The predicted octanol–water partition coefficient (Wildman–Crippen LogP) is 4.12. The predicted molar refractivity (Wildman–Crippen MR) is 130 cm³/mol. The Morgan fingerprint density at radius 2 is 1.71 bits per heavy atom. The highest BCUT2D eigenvalue weighted by Crippen LogP contribution is 2.47. The molecule has 196 valence electrons. The summed E-state index contributed by atoms with van der Waals surface area (Å²) in [4.78, 5) is 7.54. The largest absolute Gasteiger partial charge is 0.503 e. The Balaban J connectivity index is 1.59. The Bertz CT molecular complexity index is 1840. The minimum Gasteiger partial charge on any atom is -0.244 e. The zero-order valence-corrected chi connectivity index (χ0v) is 21.3. The monoisotopic (exact) mass is 561 g/mol. The Morgan fingerprint density at radius 1 is 1.03 bits per heavy atom. The van der Waals surface area contributed by atoms with E-state index < -0.39 is 35.6 Å². The van der Waals surface area contributed by atoms with Gasteiger partial charge in [0.2, 0.25) is 0 Å². The smallest absolute Gasteiger partial charge is 0.244 e. The van der Waals surface area contributed by atoms with Crippen LogP contribution in [0.4, 0.5) is 13.2 Å². The van der Waals surface area contributed by atoms with Crippen molar-refractivity contribution in [3.63, 3.8) is 0 Å². The van der Waals surface area contributed by atoms with Crippen LogP contribution in [0.15, 0.2) is 64.9 Å². The number of aromatic nitrogens is 4. The summed E-state index contributed by atoms with van der Waals surface area (Å²) in [7, 11) is -9.54. The molecule has 9 nitrogen and oxygen atoms in total. The molecule has 3 aromatic heterocycles. The number of rotatable bonds is 6. The number of fused-ring (bicyclic) bond motifs is 1. The average molecular weight is 562 g/mol. The fraction of sp³-hybridized carbons (Fsp3) is 0.250. The molecule has 0 bridgehead atoms. The van der Waals surface area contributed by atoms with Crippen molar-refractivity contribution in [1.82, 2.24) is 19.7 Å². The Hall–Kier alpha value is -3.83. The van der Waals surface area contributed by atoms with Gasteiger partial charge in [-0.1, -0.05) is 31.2 Å². The molecule has 0 N–H and O–H groups in total. The molecular weight excluding hydrogens is 543 g/mol. The third-order valence-corrected chi connectivity index (χ3v) is 9.56. The topological polar surface area (TPSA) is 136 Å². The lowest BCUT2D eigenvalue weighted by Crippen LogP contribution is -2.24. The first-order valence-corrected chi connectivity index (χ1v) is 14.4. The molecule has 0 radical (unpaired) electrons. The highest BCUT2D eigenvalue weighted by molar-refractivity contribution is 7.92. The van der Waals surface area contributed by atoms with Crippen LogP contribution in [0.2, 0.25) is 0 Å². The first-order chi connectivity index (χ1) is 17.8. The fourth-order valence-electron chi connectivity index (χ4n) is 4.00. The maximum Gasteiger partial charge on any atom is 0.503 e. The van der Waals surface area contributed by atoms with Crippen molar-refractivity contribution >= 4 is 30.6 Å². The zero-order chi connectivity index (χ0) is 27.5. The third-order valence-electron chi connectivity index (χ3n) is 6.44. The number of hydrogen-bond donors (Lipinski definition) is 0. The maximum atomic E-state index is 13.0. The van der Waals surface area contributed by atoms with Crippen LogP contribution in [0.1, 0.15) is 25.3 Å². The molecule has 4 aromatic rings. The fourth-order valence-corrected chi connectivity index (χ4v) is 5.73. The molecule has 1 aromatic carbocycles. The summed E-state index contributed by atoms with van der Waals surface area (Å²) in [5, 5.41) is 12.5. The van der Waals surface area contributed by atoms with Gasteiger partial charge in [0.05, 0.1) is 22.8 Å². The normalized spacial score (nSPS) is 15.3. The summed E-state index contributed by atoms with van der Waals surface area (Å²) >= 11 is 0. The van der Waals surface area contributed by atoms with Crippen molar-refractivity contribution in [1.29, 1.82) is 5.26 Å². The van der Waals surface area contributed by atoms with Crippen molar-refractivity contribution in [2.45, 2.75) is 40.6 Å². The van der Waals surface area contributed by atoms with Gasteiger partial charge in [-0.25, -0.2) is 31.5 Å². The van der Waals surface area contributed by atoms with Crippen LogP contribution >= 0.6 is 0 Å². The summed E-state index contributed by atoms with van der Waals surface area (Å²) in [5.74, 6) is -0.365. The number of sulfone groups is 2. The minimum atomic E-state index is -5.69. The lowest BCUT2D eigenvalue weighted by atomic mass is 9.95. The van der Waals surface area contributed by atoms with Crippen molar-refractivity contribution in [3.05, 3.63) is 60.6 Å². The van der Waals surface area contributed by atoms with Gasteiger partial charge in [0.15, 0.2) is 20.7 Å². The molecule has 0 saturated heterocycles. The van der Waals surface area contributed by atoms with Gasteiger partial charge in [-0.15, -0.1) is 0 Å². The number of nitrogens with zero attached hydrogens (tertiary/aromatic N) is 5. The van der Waals surface area contributed by atoms with Crippen LogP contribution in [0.5, 0.6) is 0 Å². The van der Waals surface area contributed by atoms with Gasteiger partial charge in [0.25, 0.3) is 9.84 Å². The van der Waals surface area contributed by atoms with Crippen LogP contribution in [0.25, 0.3) is 27.8 Å². The lowest BCUT2D eigenvalue weighted by Gasteiger charge is -2.12. The summed E-state index contributed by atoms with van der Waals surface area (Å²) in [5.41, 5.74) is -4.10. The first-order valence-electron chi connectivity index (χ1n) is 11.2. The summed E-state index contributed by atoms with van der Waals surface area (Å²) in [6.45, 7) is 1.45. The minimum absolute atomic E-state index is 0.106. The van der Waals surface area contributed by atoms with Gasteiger partial charge in [-0.05, 0) is 30.0 Å². The second-order valence-corrected chi connectivity index (χ2v) is 13.0. The molecular formula is C24H18F3N5O4S2. The molecule has 0 unspecified atom stereocenters. The zero-order valence-electron chi connectivity index (χ0n) is 19.6. The lowest BCUT2D eigenvalue weighted by molar-refractivity contribution is -0.0438. The van der Waals surface area contributed by atoms with Gasteiger partial charge in [0.1, 0.15) is 4.90 Å². The average Bonchev–Trinajstić information content (AvgIpc) is 3.58. The molecule has 3 heterocycles. The molecule has 0 amide bonds. The van der Waals surface area contributed by atoms with Gasteiger partial charge >= 0.3 is 5.51 Å². The van der Waals surface area contributed by atoms with Gasteiger partial charge in [0, 0.05) is 35.6 Å². The van der Waals surface area contributed by atoms with Crippen molar-refractivity contribution in [2.24, 2.45) is 0 Å². The van der Waals surface area contributed by atoms with Crippen molar-refractivity contribution < 1.29 is 30.0 Å². The van der Waals surface area contributed by atoms with E-state index in [-0.39, 0.29) is 27.4 Å². The molecule has 1 aliphatic carbocycles. The Labute approximate surface area is 215 Å². The number of nitriles is 1. The summed E-state index contributed by atoms with van der Waals surface area (Å²) < 4.78 is 89.4. The van der Waals surface area contributed by atoms with E-state index >= 15 is 0 Å². The van der Waals surface area contributed by atoms with Gasteiger partial charge in [-0.3, -0.25) is 0 Å². The first kappa shape index (κ1) is 25.8. The quantitative estimate of drug-likeness (QED) is 0.343. The molecule has 0 aliphatic heterocycles. The van der Waals surface area contributed by atoms with Crippen molar-refractivity contribution in [2.75, 3.05) is 5.75 Å². The van der Waals surface area contributed by atoms with E-state index in [1.165, 1.54) is 25.4 Å². The maximum absolute atomic E-state index is 13.0. The molecule has 1 saturated carbocycles. The van der Waals surface area contributed by atoms with E-state index in [0.717, 1.165) is 29.3 Å². The van der Waals surface area contributed by atoms with Gasteiger partial charge in [-0.2, -0.15) is 23.5 Å². The standard InChI is InChI=1S/C24H18F3N5O4S2/c1-2-37(33,34)20-9-16(15-3-5-18(6-4-15)23(14-28)7-8-23)11-30-22(20)32-13-17-12-29-21(10-19(17)31-32)38(35,36)24(25,26)27/h3-6,9-13H,2,7-8H2,1H3. The van der Waals surface area contributed by atoms with Crippen LogP contribution in [-0.2, 0) is 25.1 Å². The SMILES string of the molecule is CCS(=O)(=O)c1cc(-c2ccc(C3(C#N)CC3)cc2)cnc1-n1cc2cnc(S(=O)(=O)C(F)(F)F)cc2n1. The van der Waals surface area contributed by atoms with Crippen LogP contribution in [0, 0.1) is 11.3 Å². The van der Waals surface area contributed by atoms with Gasteiger partial charge < -0.3 is 0 Å². The highest BCUT2D eigenvalue weighted by Gasteiger charge is 2.48. The van der Waals surface area contributed by atoms with E-state index in [1.807, 2.05) is 12.1 Å². The highest BCUT2D eigenvalue weighted by atomic mass is 32.2. The Kier molecular flexibility index (Phi) is 5.84. The van der Waals surface area contributed by atoms with E-state index in [9.17, 15) is 35.3 Å². The summed E-state index contributed by atoms with van der Waals surface area (Å²) in [6.07, 6.45) is 5.22. The molecule has 0 atom stereocenters. The number of pyridine rings is 2. The Morgan fingerprint density at radius 3 is 2.29 bits per heavy atom. The van der Waals surface area contributed by atoms with E-state index in [0.29, 0.717) is 17.2 Å². The molecule has 5 rings (SSSR count). The number of hydrogen-bond acceptors (Lipinski definition) is 8. The van der Waals surface area contributed by atoms with Crippen LogP contribution < -0.4 is 0 Å². The third kappa shape index (κ3) is 4.21. The molecule has 0 spiro atoms. The molecule has 38 heavy (non-hydrogen) atoms. The molecule has 1 aliphatic rings. The number of halogens is 3. The van der Waals surface area contributed by atoms with E-state index in [1.54, 1.807) is 12.1 Å². The number of benzene rings is 1. The second-order valence-electron chi connectivity index (χ2n) is 8.82. The van der Waals surface area contributed by atoms with Crippen LogP contribution in [0.3, 0.4) is 0 Å². The van der Waals surface area contributed by atoms with Crippen molar-refractivity contribution in [3.8, 4) is 23.0 Å². The molecule has 1 fully saturated rings. The molecule has 14 heteroatoms. The van der Waals surface area contributed by atoms with Crippen LogP contribution in [-0.4, -0.2) is 47.8 Å². The second kappa shape index (κ2) is 8.60. The summed E-state index contributed by atoms with van der Waals surface area (Å²) in [6, 6.07) is 11.6. The number of alkyl halides is 3.